The van der Waals surface area contributed by atoms with Crippen molar-refractivity contribution in [1.29, 1.82) is 0 Å². The minimum Gasteiger partial charge on any atom is -0.497 e. The summed E-state index contributed by atoms with van der Waals surface area (Å²) in [5, 5.41) is 8.97. The molecule has 1 aromatic heterocycles. The molecule has 0 aliphatic carbocycles. The summed E-state index contributed by atoms with van der Waals surface area (Å²) in [6.07, 6.45) is 11.1. The number of methoxy groups -OCH3 is 1. The molecule has 0 saturated heterocycles. The Bertz CT molecular complexity index is 1160. The molecule has 0 spiro atoms. The molecule has 0 saturated carbocycles. The van der Waals surface area contributed by atoms with Gasteiger partial charge in [0, 0.05) is 11.8 Å². The summed E-state index contributed by atoms with van der Waals surface area (Å²) < 4.78 is 17.0. The molecule has 7 heteroatoms. The van der Waals surface area contributed by atoms with Gasteiger partial charge in [0.2, 0.25) is 0 Å². The van der Waals surface area contributed by atoms with E-state index in [2.05, 4.69) is 17.1 Å². The lowest BCUT2D eigenvalue weighted by atomic mass is 10.0. The first-order chi connectivity index (χ1) is 18.5. The predicted molar refractivity (Wildman–Crippen MR) is 151 cm³/mol. The molecule has 0 aliphatic rings. The van der Waals surface area contributed by atoms with Gasteiger partial charge in [-0.15, -0.1) is 0 Å². The van der Waals surface area contributed by atoms with Crippen molar-refractivity contribution in [3.63, 3.8) is 0 Å². The first-order valence-electron chi connectivity index (χ1n) is 13.2. The normalized spacial score (nSPS) is 11.0. The number of rotatable bonds is 17. The Hall–Kier alpha value is -4.00. The summed E-state index contributed by atoms with van der Waals surface area (Å²) in [5.41, 5.74) is 9.09. The van der Waals surface area contributed by atoms with E-state index in [1.54, 1.807) is 31.4 Å². The molecule has 0 unspecified atom stereocenters. The summed E-state index contributed by atoms with van der Waals surface area (Å²) >= 11 is 0. The van der Waals surface area contributed by atoms with Crippen LogP contribution < -0.4 is 19.9 Å². The number of carbonyl (C=O) groups is 1. The molecule has 3 aromatic rings. The maximum absolute atomic E-state index is 10.9. The zero-order valence-corrected chi connectivity index (χ0v) is 22.1. The van der Waals surface area contributed by atoms with Gasteiger partial charge in [0.25, 0.3) is 0 Å². The molecule has 3 rings (SSSR count). The number of ether oxygens (including phenoxy) is 3. The van der Waals surface area contributed by atoms with Crippen LogP contribution in [0.15, 0.2) is 66.7 Å². The van der Waals surface area contributed by atoms with E-state index in [4.69, 9.17) is 25.1 Å². The van der Waals surface area contributed by atoms with Gasteiger partial charge in [0.15, 0.2) is 0 Å². The fraction of sp³-hybridized carbons (Fsp3) is 0.355. The number of hydrogen-bond acceptors (Lipinski definition) is 6. The summed E-state index contributed by atoms with van der Waals surface area (Å²) in [4.78, 5) is 15.5. The number of nitrogens with zero attached hydrogens (tertiary/aromatic N) is 1. The van der Waals surface area contributed by atoms with Crippen molar-refractivity contribution >= 4 is 17.7 Å². The van der Waals surface area contributed by atoms with E-state index in [0.29, 0.717) is 35.2 Å². The van der Waals surface area contributed by atoms with Crippen molar-refractivity contribution in [2.45, 2.75) is 58.0 Å². The van der Waals surface area contributed by atoms with Crippen LogP contribution in [0.25, 0.3) is 6.08 Å². The predicted octanol–water partition coefficient (Wildman–Crippen LogP) is 6.70. The number of aromatic nitrogens is 1. The zero-order valence-electron chi connectivity index (χ0n) is 22.1. The van der Waals surface area contributed by atoms with Crippen LogP contribution in [0.4, 0.5) is 5.69 Å². The Morgan fingerprint density at radius 1 is 0.921 bits per heavy atom. The molecule has 0 aliphatic heterocycles. The van der Waals surface area contributed by atoms with E-state index < -0.39 is 5.97 Å². The highest BCUT2D eigenvalue weighted by Gasteiger charge is 2.07. The van der Waals surface area contributed by atoms with Gasteiger partial charge in [-0.05, 0) is 67.3 Å². The van der Waals surface area contributed by atoms with Gasteiger partial charge in [-0.3, -0.25) is 4.79 Å². The summed E-state index contributed by atoms with van der Waals surface area (Å²) in [6.45, 7) is 0.856. The highest BCUT2D eigenvalue weighted by Crippen LogP contribution is 2.22. The fourth-order valence-electron chi connectivity index (χ4n) is 3.97. The molecule has 0 fully saturated rings. The smallest absolute Gasteiger partial charge is 0.307 e. The van der Waals surface area contributed by atoms with E-state index in [-0.39, 0.29) is 13.0 Å². The van der Waals surface area contributed by atoms with Gasteiger partial charge >= 0.3 is 5.97 Å². The molecule has 38 heavy (non-hydrogen) atoms. The number of hydrogen-bond donors (Lipinski definition) is 2. The van der Waals surface area contributed by atoms with E-state index >= 15 is 0 Å². The molecule has 0 amide bonds. The van der Waals surface area contributed by atoms with Gasteiger partial charge in [-0.25, -0.2) is 4.98 Å². The highest BCUT2D eigenvalue weighted by molar-refractivity contribution is 5.70. The molecule has 202 valence electrons. The van der Waals surface area contributed by atoms with E-state index in [9.17, 15) is 4.79 Å². The number of benzene rings is 2. The summed E-state index contributed by atoms with van der Waals surface area (Å²) in [5.74, 6) is 1.30. The summed E-state index contributed by atoms with van der Waals surface area (Å²) in [6, 6.07) is 19.2. The second-order valence-electron chi connectivity index (χ2n) is 9.12. The van der Waals surface area contributed by atoms with Crippen LogP contribution in [-0.4, -0.2) is 29.8 Å². The molecular formula is C31H38N2O5. The number of nitrogen functional groups attached to an aromatic ring is 1. The van der Waals surface area contributed by atoms with Crippen LogP contribution in [0, 0.1) is 0 Å². The number of carboxylic acids is 1. The first-order valence-corrected chi connectivity index (χ1v) is 13.2. The number of unbranched alkanes of at least 4 members (excludes halogenated alkanes) is 5. The Morgan fingerprint density at radius 3 is 2.42 bits per heavy atom. The molecular weight excluding hydrogens is 480 g/mol. The van der Waals surface area contributed by atoms with Crippen molar-refractivity contribution in [2.24, 2.45) is 0 Å². The topological polar surface area (TPSA) is 104 Å². The lowest BCUT2D eigenvalue weighted by Crippen LogP contribution is -2.04. The maximum Gasteiger partial charge on any atom is 0.307 e. The van der Waals surface area contributed by atoms with E-state index in [0.717, 1.165) is 25.0 Å². The monoisotopic (exact) mass is 518 g/mol. The number of pyridine rings is 1. The fourth-order valence-corrected chi connectivity index (χ4v) is 3.97. The van der Waals surface area contributed by atoms with E-state index in [1.165, 1.54) is 31.2 Å². The molecule has 3 N–H and O–H groups in total. The number of carboxylic acid groups (broad SMARTS) is 1. The van der Waals surface area contributed by atoms with Crippen molar-refractivity contribution in [3.05, 3.63) is 83.7 Å². The van der Waals surface area contributed by atoms with Gasteiger partial charge in [0.1, 0.15) is 29.5 Å². The number of anilines is 1. The van der Waals surface area contributed by atoms with Gasteiger partial charge in [-0.2, -0.15) is 0 Å². The van der Waals surface area contributed by atoms with Gasteiger partial charge < -0.3 is 25.1 Å². The Morgan fingerprint density at radius 2 is 1.68 bits per heavy atom. The molecule has 0 radical (unpaired) electrons. The SMILES string of the molecule is COc1ccc(CCCCCCCCOc2ccc(COc3cccc(N)c3)nc2/C=C/CC(=O)O)cc1. The second-order valence-corrected chi connectivity index (χ2v) is 9.12. The standard InChI is InChI=1S/C31H38N2O5/c1-36-27-18-15-24(16-19-27)10-6-4-2-3-5-7-21-37-30-20-17-26(33-29(30)13-9-14-31(34)35)23-38-28-12-8-11-25(32)22-28/h8-9,11-13,15-20,22H,2-7,10,14,21,23,32H2,1H3,(H,34,35)/b13-9+. The summed E-state index contributed by atoms with van der Waals surface area (Å²) in [7, 11) is 1.69. The van der Waals surface area contributed by atoms with E-state index in [1.807, 2.05) is 36.4 Å². The average molecular weight is 519 g/mol. The maximum atomic E-state index is 10.9. The first kappa shape index (κ1) is 28.6. The van der Waals surface area contributed by atoms with Crippen LogP contribution in [0.1, 0.15) is 61.9 Å². The van der Waals surface area contributed by atoms with Gasteiger partial charge in [0.05, 0.1) is 25.8 Å². The average Bonchev–Trinajstić information content (AvgIpc) is 2.92. The molecule has 1 heterocycles. The van der Waals surface area contributed by atoms with Crippen molar-refractivity contribution in [3.8, 4) is 17.2 Å². The largest absolute Gasteiger partial charge is 0.497 e. The third-order valence-electron chi connectivity index (χ3n) is 6.03. The number of nitrogens with two attached hydrogens (primary N) is 1. The third kappa shape index (κ3) is 10.5. The Labute approximate surface area is 225 Å². The molecule has 7 nitrogen and oxygen atoms in total. The quantitative estimate of drug-likeness (QED) is 0.151. The Balaban J connectivity index is 1.40. The number of aliphatic carboxylic acids is 1. The lowest BCUT2D eigenvalue weighted by molar-refractivity contribution is -0.135. The molecule has 0 bridgehead atoms. The van der Waals surface area contributed by atoms with Gasteiger partial charge in [-0.1, -0.05) is 50.0 Å². The second kappa shape index (κ2) is 16.0. The Kier molecular flexibility index (Phi) is 12.0. The van der Waals surface area contributed by atoms with Crippen LogP contribution >= 0.6 is 0 Å². The molecule has 0 atom stereocenters. The molecule has 2 aromatic carbocycles. The van der Waals surface area contributed by atoms with Crippen LogP contribution in [-0.2, 0) is 17.8 Å². The van der Waals surface area contributed by atoms with Crippen molar-refractivity contribution in [1.82, 2.24) is 4.98 Å². The minimum absolute atomic E-state index is 0.0798. The number of aryl methyl sites for hydroxylation is 1. The third-order valence-corrected chi connectivity index (χ3v) is 6.03. The van der Waals surface area contributed by atoms with Crippen LogP contribution in [0.2, 0.25) is 0 Å². The van der Waals surface area contributed by atoms with Crippen LogP contribution in [0.3, 0.4) is 0 Å². The van der Waals surface area contributed by atoms with Crippen LogP contribution in [0.5, 0.6) is 17.2 Å². The van der Waals surface area contributed by atoms with Crippen molar-refractivity contribution in [2.75, 3.05) is 19.5 Å². The van der Waals surface area contributed by atoms with Crippen molar-refractivity contribution < 1.29 is 24.1 Å². The highest BCUT2D eigenvalue weighted by atomic mass is 16.5. The zero-order chi connectivity index (χ0) is 27.0. The minimum atomic E-state index is -0.895. The lowest BCUT2D eigenvalue weighted by Gasteiger charge is -2.11.